The van der Waals surface area contributed by atoms with Crippen LogP contribution in [0.5, 0.6) is 0 Å². The van der Waals surface area contributed by atoms with Gasteiger partial charge in [-0.3, -0.25) is 0 Å². The highest BCUT2D eigenvalue weighted by atomic mass is 16.6. The van der Waals surface area contributed by atoms with Crippen molar-refractivity contribution in [3.63, 3.8) is 0 Å². The normalized spacial score (nSPS) is 12.5. The zero-order chi connectivity index (χ0) is 19.5. The number of ether oxygens (including phenoxy) is 2. The minimum absolute atomic E-state index is 0.116. The van der Waals surface area contributed by atoms with Crippen LogP contribution >= 0.6 is 0 Å². The lowest BCUT2D eigenvalue weighted by atomic mass is 10.00. The van der Waals surface area contributed by atoms with Crippen molar-refractivity contribution in [2.24, 2.45) is 11.1 Å². The average Bonchev–Trinajstić information content (AvgIpc) is 2.69. The number of benzene rings is 2. The first-order valence-corrected chi connectivity index (χ1v) is 9.00. The predicted molar refractivity (Wildman–Crippen MR) is 106 cm³/mol. The summed E-state index contributed by atoms with van der Waals surface area (Å²) in [6.45, 7) is 5.08. The third-order valence-corrected chi connectivity index (χ3v) is 4.10. The van der Waals surface area contributed by atoms with Gasteiger partial charge in [-0.15, -0.1) is 0 Å². The summed E-state index contributed by atoms with van der Waals surface area (Å²) in [7, 11) is 1.32. The summed E-state index contributed by atoms with van der Waals surface area (Å²) in [5.41, 5.74) is 3.76. The zero-order valence-corrected chi connectivity index (χ0v) is 16.2. The van der Waals surface area contributed by atoms with E-state index in [1.165, 1.54) is 18.2 Å². The molecule has 0 fully saturated rings. The van der Waals surface area contributed by atoms with Crippen molar-refractivity contribution in [2.45, 2.75) is 26.9 Å². The van der Waals surface area contributed by atoms with Crippen LogP contribution < -0.4 is 0 Å². The number of aryl methyl sites for hydroxylation is 1. The van der Waals surface area contributed by atoms with Crippen molar-refractivity contribution in [3.05, 3.63) is 71.3 Å². The summed E-state index contributed by atoms with van der Waals surface area (Å²) in [4.78, 5) is 16.8. The fourth-order valence-electron chi connectivity index (χ4n) is 2.57. The molecule has 1 atom stereocenters. The smallest absolute Gasteiger partial charge is 0.355 e. The van der Waals surface area contributed by atoms with Gasteiger partial charge in [-0.1, -0.05) is 65.3 Å². The standard InChI is InChI=1S/C22H27NO4/c1-17-9-11-19(12-10-17)13-21(16-27-23-18(2)22(24)25-3)15-26-14-20-7-5-4-6-8-20/h4-12,21H,13-16H2,1-3H3/b23-18+. The van der Waals surface area contributed by atoms with E-state index in [1.54, 1.807) is 6.92 Å². The first-order valence-electron chi connectivity index (χ1n) is 9.00. The van der Waals surface area contributed by atoms with Crippen LogP contribution in [0, 0.1) is 12.8 Å². The quantitative estimate of drug-likeness (QED) is 0.362. The van der Waals surface area contributed by atoms with Crippen LogP contribution in [0.2, 0.25) is 0 Å². The number of nitrogens with zero attached hydrogens (tertiary/aromatic N) is 1. The van der Waals surface area contributed by atoms with E-state index >= 15 is 0 Å². The average molecular weight is 369 g/mol. The molecule has 0 amide bonds. The topological polar surface area (TPSA) is 57.1 Å². The maximum atomic E-state index is 11.4. The van der Waals surface area contributed by atoms with E-state index in [-0.39, 0.29) is 11.6 Å². The highest BCUT2D eigenvalue weighted by molar-refractivity contribution is 6.35. The minimum Gasteiger partial charge on any atom is -0.464 e. The fourth-order valence-corrected chi connectivity index (χ4v) is 2.57. The van der Waals surface area contributed by atoms with Crippen molar-refractivity contribution in [1.82, 2.24) is 0 Å². The first kappa shape index (κ1) is 20.6. The molecule has 0 heterocycles. The van der Waals surface area contributed by atoms with Crippen LogP contribution in [-0.2, 0) is 32.1 Å². The molecule has 0 saturated heterocycles. The number of methoxy groups -OCH3 is 1. The summed E-state index contributed by atoms with van der Waals surface area (Å²) < 4.78 is 10.5. The molecular weight excluding hydrogens is 342 g/mol. The van der Waals surface area contributed by atoms with Gasteiger partial charge in [0.1, 0.15) is 6.61 Å². The number of hydrogen-bond donors (Lipinski definition) is 0. The van der Waals surface area contributed by atoms with Gasteiger partial charge >= 0.3 is 5.97 Å². The van der Waals surface area contributed by atoms with E-state index in [4.69, 9.17) is 9.57 Å². The molecule has 0 saturated carbocycles. The zero-order valence-electron chi connectivity index (χ0n) is 16.2. The van der Waals surface area contributed by atoms with Gasteiger partial charge in [0.05, 0.1) is 20.3 Å². The summed E-state index contributed by atoms with van der Waals surface area (Å²) >= 11 is 0. The molecule has 5 heteroatoms. The lowest BCUT2D eigenvalue weighted by molar-refractivity contribution is -0.133. The van der Waals surface area contributed by atoms with Crippen LogP contribution in [0.15, 0.2) is 59.8 Å². The third-order valence-electron chi connectivity index (χ3n) is 4.10. The second-order valence-electron chi connectivity index (χ2n) is 6.52. The molecule has 0 aromatic heterocycles. The summed E-state index contributed by atoms with van der Waals surface area (Å²) in [5, 5.41) is 3.84. The largest absolute Gasteiger partial charge is 0.464 e. The number of esters is 1. The fraction of sp³-hybridized carbons (Fsp3) is 0.364. The number of rotatable bonds is 10. The molecular formula is C22H27NO4. The van der Waals surface area contributed by atoms with Gasteiger partial charge in [0.2, 0.25) is 0 Å². The highest BCUT2D eigenvalue weighted by Gasteiger charge is 2.13. The monoisotopic (exact) mass is 369 g/mol. The maximum absolute atomic E-state index is 11.4. The molecule has 0 bridgehead atoms. The molecule has 2 rings (SSSR count). The van der Waals surface area contributed by atoms with Gasteiger partial charge < -0.3 is 14.3 Å². The van der Waals surface area contributed by atoms with Gasteiger partial charge in [-0.05, 0) is 31.4 Å². The molecule has 0 spiro atoms. The van der Waals surface area contributed by atoms with Crippen molar-refractivity contribution in [1.29, 1.82) is 0 Å². The van der Waals surface area contributed by atoms with Crippen LogP contribution in [0.1, 0.15) is 23.6 Å². The van der Waals surface area contributed by atoms with Crippen LogP contribution in [0.25, 0.3) is 0 Å². The van der Waals surface area contributed by atoms with E-state index in [0.717, 1.165) is 12.0 Å². The SMILES string of the molecule is COC(=O)/C(C)=N/OCC(COCc1ccccc1)Cc1ccc(C)cc1. The molecule has 0 N–H and O–H groups in total. The van der Waals surface area contributed by atoms with Gasteiger partial charge in [-0.2, -0.15) is 0 Å². The predicted octanol–water partition coefficient (Wildman–Crippen LogP) is 3.94. The molecule has 0 radical (unpaired) electrons. The summed E-state index contributed by atoms with van der Waals surface area (Å²) in [5.74, 6) is -0.379. The first-order chi connectivity index (χ1) is 13.1. The Morgan fingerprint density at radius 2 is 1.70 bits per heavy atom. The number of carbonyl (C=O) groups is 1. The van der Waals surface area contributed by atoms with Gasteiger partial charge in [-0.25, -0.2) is 4.79 Å². The molecule has 1 unspecified atom stereocenters. The Morgan fingerprint density at radius 1 is 1.00 bits per heavy atom. The van der Waals surface area contributed by atoms with Crippen molar-refractivity contribution in [2.75, 3.05) is 20.3 Å². The second kappa shape index (κ2) is 11.1. The number of oxime groups is 1. The lowest BCUT2D eigenvalue weighted by Crippen LogP contribution is -2.19. The van der Waals surface area contributed by atoms with Gasteiger partial charge in [0, 0.05) is 5.92 Å². The molecule has 2 aromatic carbocycles. The Morgan fingerprint density at radius 3 is 2.37 bits per heavy atom. The molecule has 0 aliphatic carbocycles. The molecule has 0 aliphatic rings. The van der Waals surface area contributed by atoms with Gasteiger partial charge in [0.25, 0.3) is 0 Å². The molecule has 27 heavy (non-hydrogen) atoms. The molecule has 2 aromatic rings. The molecule has 5 nitrogen and oxygen atoms in total. The Kier molecular flexibility index (Phi) is 8.52. The summed E-state index contributed by atoms with van der Waals surface area (Å²) in [6, 6.07) is 18.5. The minimum atomic E-state index is -0.495. The van der Waals surface area contributed by atoms with Gasteiger partial charge in [0.15, 0.2) is 5.71 Å². The van der Waals surface area contributed by atoms with E-state index in [0.29, 0.717) is 19.8 Å². The van der Waals surface area contributed by atoms with E-state index < -0.39 is 5.97 Å². The van der Waals surface area contributed by atoms with Crippen molar-refractivity contribution < 1.29 is 19.1 Å². The highest BCUT2D eigenvalue weighted by Crippen LogP contribution is 2.13. The van der Waals surface area contributed by atoms with E-state index in [9.17, 15) is 4.79 Å². The van der Waals surface area contributed by atoms with E-state index in [2.05, 4.69) is 41.1 Å². The maximum Gasteiger partial charge on any atom is 0.355 e. The van der Waals surface area contributed by atoms with Crippen LogP contribution in [0.4, 0.5) is 0 Å². The Balaban J connectivity index is 1.92. The number of hydrogen-bond acceptors (Lipinski definition) is 5. The third kappa shape index (κ3) is 7.62. The van der Waals surface area contributed by atoms with Crippen LogP contribution in [-0.4, -0.2) is 32.0 Å². The Labute approximate surface area is 160 Å². The Hall–Kier alpha value is -2.66. The van der Waals surface area contributed by atoms with Crippen molar-refractivity contribution >= 4 is 11.7 Å². The summed E-state index contributed by atoms with van der Waals surface area (Å²) in [6.07, 6.45) is 0.807. The lowest BCUT2D eigenvalue weighted by Gasteiger charge is -2.16. The molecule has 0 aliphatic heterocycles. The second-order valence-corrected chi connectivity index (χ2v) is 6.52. The van der Waals surface area contributed by atoms with Crippen molar-refractivity contribution in [3.8, 4) is 0 Å². The molecule has 144 valence electrons. The Bertz CT molecular complexity index is 726. The number of carbonyl (C=O) groups excluding carboxylic acids is 1. The van der Waals surface area contributed by atoms with Crippen LogP contribution in [0.3, 0.4) is 0 Å². The van der Waals surface area contributed by atoms with E-state index in [1.807, 2.05) is 30.3 Å².